The highest BCUT2D eigenvalue weighted by Crippen LogP contribution is 2.19. The fourth-order valence-electron chi connectivity index (χ4n) is 2.39. The Morgan fingerprint density at radius 2 is 2.33 bits per heavy atom. The predicted octanol–water partition coefficient (Wildman–Crippen LogP) is -0.341. The summed E-state index contributed by atoms with van der Waals surface area (Å²) in [6, 6.07) is 0. The van der Waals surface area contributed by atoms with Gasteiger partial charge in [0.1, 0.15) is 12.1 Å². The van der Waals surface area contributed by atoms with Gasteiger partial charge in [0.25, 0.3) is 5.91 Å². The number of piperidine rings is 1. The standard InChI is InChI=1S/C12H19N5O3S/c1-21(19,20)17-4-2-3-9(7-17)5-15-12-10(11(13)18)6-14-8-16-12/h6,8-9H,2-5,7H2,1H3,(H2,13,18)(H,14,15,16). The van der Waals surface area contributed by atoms with Crippen LogP contribution in [0.2, 0.25) is 0 Å². The third-order valence-corrected chi connectivity index (χ3v) is 4.76. The van der Waals surface area contributed by atoms with E-state index in [0.717, 1.165) is 12.8 Å². The lowest BCUT2D eigenvalue weighted by molar-refractivity contribution is 0.100. The average molecular weight is 313 g/mol. The van der Waals surface area contributed by atoms with E-state index >= 15 is 0 Å². The number of hydrogen-bond donors (Lipinski definition) is 2. The fraction of sp³-hybridized carbons (Fsp3) is 0.583. The molecule has 0 saturated carbocycles. The molecule has 21 heavy (non-hydrogen) atoms. The minimum absolute atomic E-state index is 0.171. The molecule has 0 aliphatic carbocycles. The number of amides is 1. The third-order valence-electron chi connectivity index (χ3n) is 3.49. The Hall–Kier alpha value is -1.74. The Morgan fingerprint density at radius 1 is 1.57 bits per heavy atom. The SMILES string of the molecule is CS(=O)(=O)N1CCCC(CNc2ncncc2C(N)=O)C1. The van der Waals surface area contributed by atoms with Crippen LogP contribution < -0.4 is 11.1 Å². The first-order valence-corrected chi connectivity index (χ1v) is 8.51. The van der Waals surface area contributed by atoms with Gasteiger partial charge in [-0.3, -0.25) is 4.79 Å². The summed E-state index contributed by atoms with van der Waals surface area (Å²) >= 11 is 0. The van der Waals surface area contributed by atoms with Gasteiger partial charge in [-0.25, -0.2) is 22.7 Å². The molecule has 1 unspecified atom stereocenters. The number of primary amides is 1. The van der Waals surface area contributed by atoms with Crippen molar-refractivity contribution in [3.05, 3.63) is 18.1 Å². The van der Waals surface area contributed by atoms with Crippen LogP contribution in [-0.2, 0) is 10.0 Å². The predicted molar refractivity (Wildman–Crippen MR) is 78.2 cm³/mol. The van der Waals surface area contributed by atoms with Gasteiger partial charge in [-0.05, 0) is 18.8 Å². The van der Waals surface area contributed by atoms with Crippen LogP contribution in [0.15, 0.2) is 12.5 Å². The number of carbonyl (C=O) groups is 1. The molecule has 0 spiro atoms. The van der Waals surface area contributed by atoms with E-state index in [1.807, 2.05) is 0 Å². The number of carbonyl (C=O) groups excluding carboxylic acids is 1. The molecule has 1 aromatic rings. The second-order valence-electron chi connectivity index (χ2n) is 5.16. The second kappa shape index (κ2) is 6.35. The molecule has 2 rings (SSSR count). The summed E-state index contributed by atoms with van der Waals surface area (Å²) in [4.78, 5) is 19.0. The van der Waals surface area contributed by atoms with Crippen molar-refractivity contribution in [2.24, 2.45) is 11.7 Å². The van der Waals surface area contributed by atoms with Gasteiger partial charge in [0.15, 0.2) is 0 Å². The van der Waals surface area contributed by atoms with E-state index in [1.165, 1.54) is 23.1 Å². The summed E-state index contributed by atoms with van der Waals surface area (Å²) in [6.45, 7) is 1.57. The first-order valence-electron chi connectivity index (χ1n) is 6.66. The van der Waals surface area contributed by atoms with Crippen molar-refractivity contribution >= 4 is 21.7 Å². The highest BCUT2D eigenvalue weighted by Gasteiger charge is 2.26. The van der Waals surface area contributed by atoms with E-state index in [1.54, 1.807) is 0 Å². The van der Waals surface area contributed by atoms with Gasteiger partial charge in [0, 0.05) is 25.8 Å². The lowest BCUT2D eigenvalue weighted by Crippen LogP contribution is -2.41. The summed E-state index contributed by atoms with van der Waals surface area (Å²) in [6.07, 6.45) is 5.67. The summed E-state index contributed by atoms with van der Waals surface area (Å²) in [5.74, 6) is -0.0438. The van der Waals surface area contributed by atoms with E-state index < -0.39 is 15.9 Å². The number of aromatic nitrogens is 2. The molecule has 0 aromatic carbocycles. The molecule has 3 N–H and O–H groups in total. The Balaban J connectivity index is 1.99. The van der Waals surface area contributed by atoms with Crippen LogP contribution in [0.3, 0.4) is 0 Å². The molecule has 0 radical (unpaired) electrons. The summed E-state index contributed by atoms with van der Waals surface area (Å²) in [5, 5.41) is 3.06. The largest absolute Gasteiger partial charge is 0.369 e. The van der Waals surface area contributed by atoms with Crippen LogP contribution in [0.4, 0.5) is 5.82 Å². The first-order chi connectivity index (χ1) is 9.88. The zero-order valence-corrected chi connectivity index (χ0v) is 12.6. The molecule has 2 heterocycles. The molecule has 1 fully saturated rings. The van der Waals surface area contributed by atoms with Crippen LogP contribution in [0.25, 0.3) is 0 Å². The zero-order chi connectivity index (χ0) is 15.5. The van der Waals surface area contributed by atoms with E-state index in [9.17, 15) is 13.2 Å². The van der Waals surface area contributed by atoms with Crippen molar-refractivity contribution in [3.8, 4) is 0 Å². The van der Waals surface area contributed by atoms with Crippen molar-refractivity contribution in [3.63, 3.8) is 0 Å². The molecule has 8 nitrogen and oxygen atoms in total. The monoisotopic (exact) mass is 313 g/mol. The molecule has 0 bridgehead atoms. The van der Waals surface area contributed by atoms with E-state index in [-0.39, 0.29) is 11.5 Å². The highest BCUT2D eigenvalue weighted by molar-refractivity contribution is 7.88. The number of rotatable bonds is 5. The third kappa shape index (κ3) is 4.11. The average Bonchev–Trinajstić information content (AvgIpc) is 2.45. The van der Waals surface area contributed by atoms with Crippen molar-refractivity contribution in [2.75, 3.05) is 31.2 Å². The molecule has 1 atom stereocenters. The van der Waals surface area contributed by atoms with E-state index in [2.05, 4.69) is 15.3 Å². The maximum Gasteiger partial charge on any atom is 0.254 e. The van der Waals surface area contributed by atoms with Crippen LogP contribution >= 0.6 is 0 Å². The number of anilines is 1. The second-order valence-corrected chi connectivity index (χ2v) is 7.14. The van der Waals surface area contributed by atoms with Crippen LogP contribution in [0.1, 0.15) is 23.2 Å². The van der Waals surface area contributed by atoms with E-state index in [4.69, 9.17) is 5.73 Å². The Kier molecular flexibility index (Phi) is 4.73. The molecular formula is C12H19N5O3S. The molecule has 1 aromatic heterocycles. The van der Waals surface area contributed by atoms with Gasteiger partial charge in [0.05, 0.1) is 11.8 Å². The number of nitrogens with one attached hydrogen (secondary N) is 1. The van der Waals surface area contributed by atoms with Crippen molar-refractivity contribution in [2.45, 2.75) is 12.8 Å². The van der Waals surface area contributed by atoms with Gasteiger partial charge in [-0.2, -0.15) is 0 Å². The minimum Gasteiger partial charge on any atom is -0.369 e. The van der Waals surface area contributed by atoms with Crippen molar-refractivity contribution in [1.29, 1.82) is 0 Å². The molecule has 1 aliphatic rings. The van der Waals surface area contributed by atoms with Gasteiger partial charge in [-0.1, -0.05) is 0 Å². The quantitative estimate of drug-likeness (QED) is 0.767. The normalized spacial score (nSPS) is 20.1. The van der Waals surface area contributed by atoms with Gasteiger partial charge >= 0.3 is 0 Å². The highest BCUT2D eigenvalue weighted by atomic mass is 32.2. The van der Waals surface area contributed by atoms with Gasteiger partial charge < -0.3 is 11.1 Å². The molecule has 1 aliphatic heterocycles. The van der Waals surface area contributed by atoms with Crippen LogP contribution in [0.5, 0.6) is 0 Å². The van der Waals surface area contributed by atoms with Crippen molar-refractivity contribution in [1.82, 2.24) is 14.3 Å². The van der Waals surface area contributed by atoms with Gasteiger partial charge in [0.2, 0.25) is 10.0 Å². The van der Waals surface area contributed by atoms with Crippen molar-refractivity contribution < 1.29 is 13.2 Å². The zero-order valence-electron chi connectivity index (χ0n) is 11.8. The summed E-state index contributed by atoms with van der Waals surface area (Å²) in [5.41, 5.74) is 5.49. The molecule has 1 amide bonds. The maximum atomic E-state index is 11.6. The molecule has 116 valence electrons. The number of nitrogens with zero attached hydrogens (tertiary/aromatic N) is 3. The van der Waals surface area contributed by atoms with Gasteiger partial charge in [-0.15, -0.1) is 0 Å². The summed E-state index contributed by atoms with van der Waals surface area (Å²) < 4.78 is 24.6. The lowest BCUT2D eigenvalue weighted by atomic mass is 10.00. The Bertz CT molecular complexity index is 619. The lowest BCUT2D eigenvalue weighted by Gasteiger charge is -2.31. The smallest absolute Gasteiger partial charge is 0.254 e. The Morgan fingerprint density at radius 3 is 3.00 bits per heavy atom. The summed E-state index contributed by atoms with van der Waals surface area (Å²) in [7, 11) is -3.16. The maximum absolute atomic E-state index is 11.6. The minimum atomic E-state index is -3.16. The molecule has 1 saturated heterocycles. The van der Waals surface area contributed by atoms with Crippen LogP contribution in [0, 0.1) is 5.92 Å². The van der Waals surface area contributed by atoms with Crippen LogP contribution in [-0.4, -0.2) is 54.5 Å². The Labute approximate surface area is 123 Å². The van der Waals surface area contributed by atoms with E-state index in [0.29, 0.717) is 25.5 Å². The number of sulfonamides is 1. The topological polar surface area (TPSA) is 118 Å². The molecular weight excluding hydrogens is 294 g/mol. The first kappa shape index (κ1) is 15.6. The number of hydrogen-bond acceptors (Lipinski definition) is 6. The fourth-order valence-corrected chi connectivity index (χ4v) is 3.33. The molecule has 9 heteroatoms. The number of nitrogens with two attached hydrogens (primary N) is 1.